The molecule has 0 aliphatic heterocycles. The van der Waals surface area contributed by atoms with E-state index in [-0.39, 0.29) is 12.0 Å². The minimum absolute atomic E-state index is 0.0395. The maximum Gasteiger partial charge on any atom is 0.335 e. The van der Waals surface area contributed by atoms with Gasteiger partial charge in [-0.15, -0.1) is 11.3 Å². The van der Waals surface area contributed by atoms with Crippen molar-refractivity contribution in [2.24, 2.45) is 0 Å². The highest BCUT2D eigenvalue weighted by atomic mass is 32.1. The molecule has 0 saturated heterocycles. The molecular weight excluding hydrogens is 252 g/mol. The SMILES string of the molecule is O=C(O)Cc1cc(-c2cccs2)ccc1C(=O)O. The molecule has 0 bridgehead atoms. The van der Waals surface area contributed by atoms with Gasteiger partial charge in [-0.1, -0.05) is 12.1 Å². The third kappa shape index (κ3) is 2.57. The van der Waals surface area contributed by atoms with Gasteiger partial charge < -0.3 is 10.2 Å². The van der Waals surface area contributed by atoms with Crippen molar-refractivity contribution in [3.63, 3.8) is 0 Å². The van der Waals surface area contributed by atoms with E-state index in [1.807, 2.05) is 17.5 Å². The summed E-state index contributed by atoms with van der Waals surface area (Å²) in [6.07, 6.45) is -0.291. The van der Waals surface area contributed by atoms with Gasteiger partial charge in [-0.3, -0.25) is 4.79 Å². The molecular formula is C13H10O4S. The zero-order valence-corrected chi connectivity index (χ0v) is 10.1. The molecule has 1 heterocycles. The average molecular weight is 262 g/mol. The molecule has 1 aromatic carbocycles. The van der Waals surface area contributed by atoms with Crippen LogP contribution in [0.4, 0.5) is 0 Å². The summed E-state index contributed by atoms with van der Waals surface area (Å²) in [6, 6.07) is 8.58. The van der Waals surface area contributed by atoms with Crippen LogP contribution >= 0.6 is 11.3 Å². The van der Waals surface area contributed by atoms with Gasteiger partial charge in [-0.05, 0) is 34.7 Å². The summed E-state index contributed by atoms with van der Waals surface area (Å²) < 4.78 is 0. The lowest BCUT2D eigenvalue weighted by Crippen LogP contribution is -2.07. The van der Waals surface area contributed by atoms with Crippen molar-refractivity contribution in [2.45, 2.75) is 6.42 Å². The lowest BCUT2D eigenvalue weighted by Gasteiger charge is -2.06. The molecule has 0 aliphatic rings. The van der Waals surface area contributed by atoms with Crippen LogP contribution < -0.4 is 0 Å². The van der Waals surface area contributed by atoms with E-state index in [9.17, 15) is 9.59 Å². The van der Waals surface area contributed by atoms with Gasteiger partial charge in [0.2, 0.25) is 0 Å². The third-order valence-corrected chi connectivity index (χ3v) is 3.40. The Morgan fingerprint density at radius 1 is 1.17 bits per heavy atom. The van der Waals surface area contributed by atoms with E-state index in [0.717, 1.165) is 10.4 Å². The first kappa shape index (κ1) is 12.3. The maximum absolute atomic E-state index is 11.0. The Hall–Kier alpha value is -2.14. The largest absolute Gasteiger partial charge is 0.481 e. The first-order chi connectivity index (χ1) is 8.58. The quantitative estimate of drug-likeness (QED) is 0.888. The molecule has 18 heavy (non-hydrogen) atoms. The summed E-state index contributed by atoms with van der Waals surface area (Å²) in [7, 11) is 0. The molecule has 5 heteroatoms. The van der Waals surface area contributed by atoms with Gasteiger partial charge in [0.25, 0.3) is 0 Å². The molecule has 2 rings (SSSR count). The zero-order chi connectivity index (χ0) is 13.1. The normalized spacial score (nSPS) is 10.2. The van der Waals surface area contributed by atoms with Crippen molar-refractivity contribution < 1.29 is 19.8 Å². The second kappa shape index (κ2) is 5.01. The van der Waals surface area contributed by atoms with E-state index in [2.05, 4.69) is 0 Å². The molecule has 0 fully saturated rings. The molecule has 4 nitrogen and oxygen atoms in total. The standard InChI is InChI=1S/C13H10O4S/c14-12(15)7-9-6-8(11-2-1-5-18-11)3-4-10(9)13(16)17/h1-6H,7H2,(H,14,15)(H,16,17). The summed E-state index contributed by atoms with van der Waals surface area (Å²) in [6.45, 7) is 0. The van der Waals surface area contributed by atoms with E-state index >= 15 is 0 Å². The summed E-state index contributed by atoms with van der Waals surface area (Å²) in [5, 5.41) is 19.7. The van der Waals surface area contributed by atoms with Crippen LogP contribution in [0.1, 0.15) is 15.9 Å². The maximum atomic E-state index is 11.0. The van der Waals surface area contributed by atoms with Crippen LogP contribution in [0.25, 0.3) is 10.4 Å². The van der Waals surface area contributed by atoms with E-state index in [1.54, 1.807) is 12.1 Å². The van der Waals surface area contributed by atoms with Crippen molar-refractivity contribution in [3.8, 4) is 10.4 Å². The highest BCUT2D eigenvalue weighted by Gasteiger charge is 2.14. The van der Waals surface area contributed by atoms with E-state index < -0.39 is 11.9 Å². The summed E-state index contributed by atoms with van der Waals surface area (Å²) in [5.74, 6) is -2.15. The van der Waals surface area contributed by atoms with Crippen LogP contribution in [0.15, 0.2) is 35.7 Å². The number of aromatic carboxylic acids is 1. The van der Waals surface area contributed by atoms with E-state index in [0.29, 0.717) is 5.56 Å². The molecule has 0 atom stereocenters. The highest BCUT2D eigenvalue weighted by molar-refractivity contribution is 7.13. The zero-order valence-electron chi connectivity index (χ0n) is 9.29. The minimum atomic E-state index is -1.11. The fourth-order valence-electron chi connectivity index (χ4n) is 1.71. The topological polar surface area (TPSA) is 74.6 Å². The Morgan fingerprint density at radius 2 is 1.94 bits per heavy atom. The van der Waals surface area contributed by atoms with Crippen LogP contribution in [-0.4, -0.2) is 22.2 Å². The van der Waals surface area contributed by atoms with Gasteiger partial charge in [-0.2, -0.15) is 0 Å². The summed E-state index contributed by atoms with van der Waals surface area (Å²) in [5.41, 5.74) is 1.20. The number of carbonyl (C=O) groups is 2. The van der Waals surface area contributed by atoms with Crippen molar-refractivity contribution in [2.75, 3.05) is 0 Å². The molecule has 2 aromatic rings. The minimum Gasteiger partial charge on any atom is -0.481 e. The van der Waals surface area contributed by atoms with Crippen molar-refractivity contribution in [1.82, 2.24) is 0 Å². The van der Waals surface area contributed by atoms with Crippen molar-refractivity contribution in [1.29, 1.82) is 0 Å². The molecule has 1 aromatic heterocycles. The van der Waals surface area contributed by atoms with Crippen molar-refractivity contribution in [3.05, 3.63) is 46.8 Å². The number of carboxylic acids is 2. The number of rotatable bonds is 4. The van der Waals surface area contributed by atoms with Crippen LogP contribution in [-0.2, 0) is 11.2 Å². The van der Waals surface area contributed by atoms with Crippen LogP contribution in [0.3, 0.4) is 0 Å². The number of hydrogen-bond donors (Lipinski definition) is 2. The van der Waals surface area contributed by atoms with Crippen LogP contribution in [0.2, 0.25) is 0 Å². The Morgan fingerprint density at radius 3 is 2.50 bits per heavy atom. The molecule has 92 valence electrons. The Bertz CT molecular complexity index is 587. The van der Waals surface area contributed by atoms with E-state index in [1.165, 1.54) is 17.4 Å². The van der Waals surface area contributed by atoms with Gasteiger partial charge >= 0.3 is 11.9 Å². The van der Waals surface area contributed by atoms with Gasteiger partial charge in [0.1, 0.15) is 0 Å². The molecule has 0 aliphatic carbocycles. The first-order valence-corrected chi connectivity index (χ1v) is 6.08. The lowest BCUT2D eigenvalue weighted by atomic mass is 10.0. The third-order valence-electron chi connectivity index (χ3n) is 2.48. The van der Waals surface area contributed by atoms with Gasteiger partial charge in [0, 0.05) is 4.88 Å². The van der Waals surface area contributed by atoms with Gasteiger partial charge in [-0.25, -0.2) is 4.79 Å². The first-order valence-electron chi connectivity index (χ1n) is 5.20. The number of benzene rings is 1. The Balaban J connectivity index is 2.48. The van der Waals surface area contributed by atoms with Gasteiger partial charge in [0.15, 0.2) is 0 Å². The second-order valence-corrected chi connectivity index (χ2v) is 4.67. The number of aliphatic carboxylic acids is 1. The smallest absolute Gasteiger partial charge is 0.335 e. The van der Waals surface area contributed by atoms with Crippen LogP contribution in [0.5, 0.6) is 0 Å². The monoisotopic (exact) mass is 262 g/mol. The highest BCUT2D eigenvalue weighted by Crippen LogP contribution is 2.27. The molecule has 0 saturated carbocycles. The summed E-state index contributed by atoms with van der Waals surface area (Å²) in [4.78, 5) is 22.7. The molecule has 0 radical (unpaired) electrons. The molecule has 0 unspecified atom stereocenters. The molecule has 0 amide bonds. The van der Waals surface area contributed by atoms with Gasteiger partial charge in [0.05, 0.1) is 12.0 Å². The van der Waals surface area contributed by atoms with E-state index in [4.69, 9.17) is 10.2 Å². The number of carboxylic acid groups (broad SMARTS) is 2. The average Bonchev–Trinajstić information content (AvgIpc) is 2.81. The number of hydrogen-bond acceptors (Lipinski definition) is 3. The predicted molar refractivity (Wildman–Crippen MR) is 68.1 cm³/mol. The fourth-order valence-corrected chi connectivity index (χ4v) is 2.43. The lowest BCUT2D eigenvalue weighted by molar-refractivity contribution is -0.136. The second-order valence-electron chi connectivity index (χ2n) is 3.72. The Kier molecular flexibility index (Phi) is 3.43. The predicted octanol–water partition coefficient (Wildman–Crippen LogP) is 2.74. The van der Waals surface area contributed by atoms with Crippen molar-refractivity contribution >= 4 is 23.3 Å². The molecule has 0 spiro atoms. The Labute approximate surface area is 107 Å². The summed E-state index contributed by atoms with van der Waals surface area (Å²) >= 11 is 1.52. The van der Waals surface area contributed by atoms with Crippen LogP contribution in [0, 0.1) is 0 Å². The fraction of sp³-hybridized carbons (Fsp3) is 0.0769. The molecule has 2 N–H and O–H groups in total. The number of thiophene rings is 1.